The number of amides is 2. The van der Waals surface area contributed by atoms with Crippen LogP contribution in [0.15, 0.2) is 0 Å². The van der Waals surface area contributed by atoms with Gasteiger partial charge in [0.15, 0.2) is 6.23 Å². The van der Waals surface area contributed by atoms with Crippen molar-refractivity contribution in [3.63, 3.8) is 0 Å². The number of rotatable bonds is 6. The van der Waals surface area contributed by atoms with Gasteiger partial charge in [0.2, 0.25) is 0 Å². The van der Waals surface area contributed by atoms with Crippen LogP contribution in [0.3, 0.4) is 0 Å². The van der Waals surface area contributed by atoms with Crippen molar-refractivity contribution in [2.45, 2.75) is 29.9 Å². The number of aliphatic hydroxyl groups is 2. The molecule has 13 nitrogen and oxygen atoms in total. The molecule has 16 heteroatoms. The van der Waals surface area contributed by atoms with Crippen LogP contribution in [-0.4, -0.2) is 85.4 Å². The Morgan fingerprint density at radius 1 is 1.28 bits per heavy atom. The number of halogens is 1. The molecular formula is C9H17ClN2O11P2. The van der Waals surface area contributed by atoms with E-state index in [0.29, 0.717) is 0 Å². The van der Waals surface area contributed by atoms with Gasteiger partial charge < -0.3 is 34.9 Å². The first kappa shape index (κ1) is 21.0. The first-order chi connectivity index (χ1) is 11.4. The van der Waals surface area contributed by atoms with E-state index in [2.05, 4.69) is 14.2 Å². The maximum atomic E-state index is 11.8. The second-order valence-corrected chi connectivity index (χ2v) is 8.77. The number of phosphoric ester groups is 1. The summed E-state index contributed by atoms with van der Waals surface area (Å²) in [7, 11) is -10.4. The Morgan fingerprint density at radius 3 is 2.52 bits per heavy atom. The van der Waals surface area contributed by atoms with Crippen LogP contribution in [0, 0.1) is 0 Å². The van der Waals surface area contributed by atoms with Gasteiger partial charge in [-0.2, -0.15) is 4.31 Å². The van der Waals surface area contributed by atoms with Gasteiger partial charge in [-0.25, -0.2) is 13.9 Å². The smallest absolute Gasteiger partial charge is 0.387 e. The lowest BCUT2D eigenvalue weighted by Crippen LogP contribution is -2.58. The number of aliphatic hydroxyl groups excluding tert-OH is 2. The van der Waals surface area contributed by atoms with Crippen LogP contribution in [0.2, 0.25) is 0 Å². The van der Waals surface area contributed by atoms with E-state index >= 15 is 0 Å². The van der Waals surface area contributed by atoms with Crippen LogP contribution in [0.5, 0.6) is 0 Å². The van der Waals surface area contributed by atoms with Crippen LogP contribution in [0.4, 0.5) is 4.79 Å². The second kappa shape index (κ2) is 7.75. The SMILES string of the molecule is O=C1NCC(Cl)CN1[C@@H]1O[C@H](COP(=O)(O)OP(=O)(O)O)[C@@H](O)[C@H]1O. The highest BCUT2D eigenvalue weighted by atomic mass is 35.5. The number of urea groups is 1. The minimum Gasteiger partial charge on any atom is -0.387 e. The number of alkyl halides is 1. The number of phosphoric acid groups is 2. The molecule has 0 aromatic heterocycles. The van der Waals surface area contributed by atoms with Crippen molar-refractivity contribution in [3.8, 4) is 0 Å². The number of ether oxygens (including phenoxy) is 1. The van der Waals surface area contributed by atoms with Gasteiger partial charge in [0.25, 0.3) is 0 Å². The Kier molecular flexibility index (Phi) is 6.51. The molecule has 6 atom stereocenters. The van der Waals surface area contributed by atoms with Crippen molar-refractivity contribution in [2.75, 3.05) is 19.7 Å². The zero-order valence-electron chi connectivity index (χ0n) is 12.4. The fourth-order valence-electron chi connectivity index (χ4n) is 2.33. The van der Waals surface area contributed by atoms with Crippen molar-refractivity contribution in [3.05, 3.63) is 0 Å². The van der Waals surface area contributed by atoms with E-state index < -0.39 is 58.2 Å². The summed E-state index contributed by atoms with van der Waals surface area (Å²) in [5.41, 5.74) is 0. The maximum absolute atomic E-state index is 11.8. The normalized spacial score (nSPS) is 36.2. The van der Waals surface area contributed by atoms with Gasteiger partial charge in [0, 0.05) is 13.1 Å². The number of hydrogen-bond donors (Lipinski definition) is 6. The summed E-state index contributed by atoms with van der Waals surface area (Å²) in [4.78, 5) is 39.0. The molecule has 2 aliphatic heterocycles. The molecule has 0 spiro atoms. The molecule has 0 aromatic carbocycles. The lowest BCUT2D eigenvalue weighted by Gasteiger charge is -2.35. The third kappa shape index (κ3) is 5.59. The molecular weight excluding hydrogens is 410 g/mol. The first-order valence-corrected chi connectivity index (χ1v) is 10.3. The number of hydrogen-bond acceptors (Lipinski definition) is 8. The zero-order valence-corrected chi connectivity index (χ0v) is 15.0. The summed E-state index contributed by atoms with van der Waals surface area (Å²) < 4.78 is 35.1. The van der Waals surface area contributed by atoms with Crippen LogP contribution in [0.25, 0.3) is 0 Å². The second-order valence-electron chi connectivity index (χ2n) is 5.32. The standard InChI is InChI=1S/C9H17ClN2O11P2/c10-4-1-11-9(15)12(2-4)8-7(14)6(13)5(22-8)3-21-25(19,20)23-24(16,17)18/h4-8,13-14H,1-3H2,(H,11,15)(H,19,20)(H2,16,17,18)/t4?,5-,6-,7-,8-/m1/s1. The number of carbonyl (C=O) groups is 1. The van der Waals surface area contributed by atoms with Gasteiger partial charge in [-0.15, -0.1) is 11.6 Å². The largest absolute Gasteiger partial charge is 0.481 e. The summed E-state index contributed by atoms with van der Waals surface area (Å²) in [6, 6.07) is -0.590. The molecule has 2 aliphatic rings. The van der Waals surface area contributed by atoms with E-state index in [1.165, 1.54) is 0 Å². The average molecular weight is 427 g/mol. The summed E-state index contributed by atoms with van der Waals surface area (Å²) in [6.07, 6.45) is -5.85. The number of nitrogens with zero attached hydrogens (tertiary/aromatic N) is 1. The molecule has 2 unspecified atom stereocenters. The van der Waals surface area contributed by atoms with Crippen LogP contribution < -0.4 is 5.32 Å². The van der Waals surface area contributed by atoms with Gasteiger partial charge >= 0.3 is 21.7 Å². The van der Waals surface area contributed by atoms with Crippen molar-refractivity contribution in [2.24, 2.45) is 0 Å². The molecule has 2 saturated heterocycles. The predicted octanol–water partition coefficient (Wildman–Crippen LogP) is -1.71. The van der Waals surface area contributed by atoms with Gasteiger partial charge in [0.05, 0.1) is 12.0 Å². The quantitative estimate of drug-likeness (QED) is 0.209. The van der Waals surface area contributed by atoms with Gasteiger partial charge in [-0.1, -0.05) is 0 Å². The monoisotopic (exact) mass is 426 g/mol. The Labute approximate surface area is 146 Å². The van der Waals surface area contributed by atoms with E-state index in [1.54, 1.807) is 0 Å². The Bertz CT molecular complexity index is 602. The fraction of sp³-hybridized carbons (Fsp3) is 0.889. The first-order valence-electron chi connectivity index (χ1n) is 6.84. The molecule has 2 rings (SSSR count). The molecule has 0 aromatic rings. The highest BCUT2D eigenvalue weighted by Crippen LogP contribution is 2.57. The molecule has 0 radical (unpaired) electrons. The van der Waals surface area contributed by atoms with Crippen LogP contribution >= 0.6 is 27.2 Å². The van der Waals surface area contributed by atoms with Gasteiger partial charge in [-0.05, 0) is 0 Å². The van der Waals surface area contributed by atoms with E-state index in [-0.39, 0.29) is 13.1 Å². The van der Waals surface area contributed by atoms with Crippen molar-refractivity contribution in [1.29, 1.82) is 0 Å². The third-order valence-corrected chi connectivity index (χ3v) is 5.83. The molecule has 2 amide bonds. The lowest BCUT2D eigenvalue weighted by atomic mass is 10.1. The topological polar surface area (TPSA) is 195 Å². The summed E-state index contributed by atoms with van der Waals surface area (Å²) in [6.45, 7) is -0.611. The van der Waals surface area contributed by atoms with Crippen LogP contribution in [0.1, 0.15) is 0 Å². The Morgan fingerprint density at radius 2 is 1.92 bits per heavy atom. The summed E-state index contributed by atoms with van der Waals surface area (Å²) in [5, 5.41) is 21.9. The van der Waals surface area contributed by atoms with Crippen LogP contribution in [-0.2, 0) is 22.7 Å². The van der Waals surface area contributed by atoms with Crippen molar-refractivity contribution >= 4 is 33.3 Å². The third-order valence-electron chi connectivity index (χ3n) is 3.39. The van der Waals surface area contributed by atoms with E-state index in [4.69, 9.17) is 26.1 Å². The Balaban J connectivity index is 1.98. The molecule has 0 saturated carbocycles. The Hall–Kier alpha value is -0.300. The lowest BCUT2D eigenvalue weighted by molar-refractivity contribution is -0.0808. The molecule has 0 bridgehead atoms. The molecule has 2 heterocycles. The maximum Gasteiger partial charge on any atom is 0.481 e. The molecule has 0 aliphatic carbocycles. The summed E-state index contributed by atoms with van der Waals surface area (Å²) >= 11 is 5.92. The minimum atomic E-state index is -5.29. The van der Waals surface area contributed by atoms with Crippen molar-refractivity contribution < 1.29 is 52.4 Å². The van der Waals surface area contributed by atoms with Crippen molar-refractivity contribution in [1.82, 2.24) is 10.2 Å². The highest BCUT2D eigenvalue weighted by molar-refractivity contribution is 7.60. The number of nitrogens with one attached hydrogen (secondary N) is 1. The van der Waals surface area contributed by atoms with Gasteiger partial charge in [-0.3, -0.25) is 9.42 Å². The number of carbonyl (C=O) groups excluding carboxylic acids is 1. The minimum absolute atomic E-state index is 0.0230. The predicted molar refractivity (Wildman–Crippen MR) is 79.3 cm³/mol. The van der Waals surface area contributed by atoms with Gasteiger partial charge in [0.1, 0.15) is 18.3 Å². The van der Waals surface area contributed by atoms with E-state index in [1.807, 2.05) is 0 Å². The molecule has 146 valence electrons. The molecule has 6 N–H and O–H groups in total. The fourth-order valence-corrected chi connectivity index (χ4v) is 4.15. The summed E-state index contributed by atoms with van der Waals surface area (Å²) in [5.74, 6) is 0. The van der Waals surface area contributed by atoms with E-state index in [0.717, 1.165) is 4.90 Å². The average Bonchev–Trinajstić information content (AvgIpc) is 2.73. The zero-order chi connectivity index (χ0) is 19.0. The molecule has 2 fully saturated rings. The molecule has 25 heavy (non-hydrogen) atoms. The highest BCUT2D eigenvalue weighted by Gasteiger charge is 2.49. The van der Waals surface area contributed by atoms with E-state index in [9.17, 15) is 29.0 Å².